The molecule has 1 atom stereocenters. The molecule has 1 aliphatic heterocycles. The highest BCUT2D eigenvalue weighted by molar-refractivity contribution is 8.01. The molecule has 0 aromatic carbocycles. The van der Waals surface area contributed by atoms with Gasteiger partial charge < -0.3 is 15.2 Å². The molecule has 24 heavy (non-hydrogen) atoms. The topological polar surface area (TPSA) is 88.9 Å². The van der Waals surface area contributed by atoms with Crippen LogP contribution in [-0.2, 0) is 16.1 Å². The fourth-order valence-electron chi connectivity index (χ4n) is 3.22. The number of thioether (sulfide) groups is 1. The van der Waals surface area contributed by atoms with Gasteiger partial charge in [-0.25, -0.2) is 0 Å². The molecule has 2 N–H and O–H groups in total. The maximum Gasteiger partial charge on any atom is 0.243 e. The van der Waals surface area contributed by atoms with E-state index in [-0.39, 0.29) is 11.8 Å². The van der Waals surface area contributed by atoms with Crippen molar-refractivity contribution in [3.8, 4) is 0 Å². The largest absolute Gasteiger partial charge is 0.347 e. The van der Waals surface area contributed by atoms with Gasteiger partial charge in [-0.3, -0.25) is 9.59 Å². The molecule has 2 heterocycles. The Morgan fingerprint density at radius 1 is 1.42 bits per heavy atom. The monoisotopic (exact) mass is 351 g/mol. The minimum atomic E-state index is -0.485. The van der Waals surface area contributed by atoms with E-state index in [1.807, 2.05) is 13.8 Å². The van der Waals surface area contributed by atoms with Gasteiger partial charge >= 0.3 is 0 Å². The number of aromatic nitrogens is 3. The van der Waals surface area contributed by atoms with Crippen molar-refractivity contribution in [3.05, 3.63) is 12.2 Å². The highest BCUT2D eigenvalue weighted by Crippen LogP contribution is 2.29. The molecule has 2 fully saturated rings. The molecule has 2 amide bonds. The summed E-state index contributed by atoms with van der Waals surface area (Å²) in [6.45, 7) is 4.08. The molecule has 1 aromatic heterocycles. The summed E-state index contributed by atoms with van der Waals surface area (Å²) in [4.78, 5) is 24.3. The average molecular weight is 351 g/mol. The molecule has 3 rings (SSSR count). The standard InChI is InChI=1S/C16H25N5O2S/c1-16(2)15(23)19-12(9-24-16)14(22)17-8-13-20-18-10-21(13)11-6-4-3-5-7-11/h10-12H,3-9H2,1-2H3,(H,17,22)(H,19,23)/t12-/m1/s1. The van der Waals surface area contributed by atoms with Crippen LogP contribution in [-0.4, -0.2) is 43.1 Å². The molecule has 7 nitrogen and oxygen atoms in total. The highest BCUT2D eigenvalue weighted by Gasteiger charge is 2.37. The van der Waals surface area contributed by atoms with Crippen molar-refractivity contribution >= 4 is 23.6 Å². The van der Waals surface area contributed by atoms with E-state index < -0.39 is 10.8 Å². The second-order valence-corrected chi connectivity index (χ2v) is 8.65. The molecule has 8 heteroatoms. The lowest BCUT2D eigenvalue weighted by atomic mass is 9.95. The van der Waals surface area contributed by atoms with Gasteiger partial charge in [0.05, 0.1) is 11.3 Å². The molecular formula is C16H25N5O2S. The van der Waals surface area contributed by atoms with Crippen LogP contribution in [0.1, 0.15) is 57.8 Å². The lowest BCUT2D eigenvalue weighted by Crippen LogP contribution is -2.57. The van der Waals surface area contributed by atoms with E-state index >= 15 is 0 Å². The molecule has 0 unspecified atom stereocenters. The van der Waals surface area contributed by atoms with Gasteiger partial charge in [0.1, 0.15) is 12.4 Å². The summed E-state index contributed by atoms with van der Waals surface area (Å²) < 4.78 is 1.62. The van der Waals surface area contributed by atoms with E-state index in [0.29, 0.717) is 18.3 Å². The maximum atomic E-state index is 12.3. The third-order valence-corrected chi connectivity index (χ3v) is 6.22. The minimum absolute atomic E-state index is 0.0933. The van der Waals surface area contributed by atoms with Crippen LogP contribution in [0.5, 0.6) is 0 Å². The average Bonchev–Trinajstić information content (AvgIpc) is 3.04. The zero-order chi connectivity index (χ0) is 17.2. The Labute approximate surface area is 146 Å². The second kappa shape index (κ2) is 7.13. The predicted octanol–water partition coefficient (Wildman–Crippen LogP) is 1.41. The van der Waals surface area contributed by atoms with Crippen molar-refractivity contribution in [1.29, 1.82) is 0 Å². The fraction of sp³-hybridized carbons (Fsp3) is 0.750. The van der Waals surface area contributed by atoms with Gasteiger partial charge in [0, 0.05) is 11.8 Å². The number of carbonyl (C=O) groups is 2. The first-order valence-corrected chi connectivity index (χ1v) is 9.57. The first kappa shape index (κ1) is 17.3. The molecular weight excluding hydrogens is 326 g/mol. The number of rotatable bonds is 4. The third kappa shape index (κ3) is 3.74. The summed E-state index contributed by atoms with van der Waals surface area (Å²) in [6.07, 6.45) is 7.80. The van der Waals surface area contributed by atoms with Gasteiger partial charge in [-0.15, -0.1) is 22.0 Å². The molecule has 2 aliphatic rings. The van der Waals surface area contributed by atoms with Crippen molar-refractivity contribution in [2.75, 3.05) is 5.75 Å². The number of nitrogens with zero attached hydrogens (tertiary/aromatic N) is 3. The lowest BCUT2D eigenvalue weighted by molar-refractivity contribution is -0.129. The van der Waals surface area contributed by atoms with Crippen molar-refractivity contribution in [1.82, 2.24) is 25.4 Å². The summed E-state index contributed by atoms with van der Waals surface area (Å²) >= 11 is 1.51. The summed E-state index contributed by atoms with van der Waals surface area (Å²) in [6, 6.07) is -0.0482. The van der Waals surface area contributed by atoms with Crippen molar-refractivity contribution in [2.24, 2.45) is 0 Å². The summed E-state index contributed by atoms with van der Waals surface area (Å²) in [5.74, 6) is 1.11. The number of amides is 2. The van der Waals surface area contributed by atoms with E-state index in [1.54, 1.807) is 6.33 Å². The zero-order valence-corrected chi connectivity index (χ0v) is 15.1. The van der Waals surface area contributed by atoms with Gasteiger partial charge in [0.2, 0.25) is 11.8 Å². The summed E-state index contributed by atoms with van der Waals surface area (Å²) in [7, 11) is 0. The van der Waals surface area contributed by atoms with E-state index in [2.05, 4.69) is 25.4 Å². The Balaban J connectivity index is 1.55. The van der Waals surface area contributed by atoms with Crippen LogP contribution in [0.2, 0.25) is 0 Å². The molecule has 1 saturated carbocycles. The Kier molecular flexibility index (Phi) is 5.12. The Morgan fingerprint density at radius 3 is 2.88 bits per heavy atom. The third-order valence-electron chi connectivity index (χ3n) is 4.82. The van der Waals surface area contributed by atoms with Gasteiger partial charge in [-0.1, -0.05) is 19.3 Å². The quantitative estimate of drug-likeness (QED) is 0.856. The van der Waals surface area contributed by atoms with Crippen LogP contribution >= 0.6 is 11.8 Å². The molecule has 0 radical (unpaired) electrons. The highest BCUT2D eigenvalue weighted by atomic mass is 32.2. The second-order valence-electron chi connectivity index (χ2n) is 7.01. The number of nitrogens with one attached hydrogen (secondary N) is 2. The van der Waals surface area contributed by atoms with Gasteiger partial charge in [0.25, 0.3) is 0 Å². The van der Waals surface area contributed by atoms with Crippen molar-refractivity contribution < 1.29 is 9.59 Å². The molecule has 1 aromatic rings. The van der Waals surface area contributed by atoms with Crippen LogP contribution in [0, 0.1) is 0 Å². The zero-order valence-electron chi connectivity index (χ0n) is 14.2. The Hall–Kier alpha value is -1.57. The van der Waals surface area contributed by atoms with Crippen LogP contribution in [0.25, 0.3) is 0 Å². The lowest BCUT2D eigenvalue weighted by Gasteiger charge is -2.32. The van der Waals surface area contributed by atoms with Crippen LogP contribution < -0.4 is 10.6 Å². The van der Waals surface area contributed by atoms with Crippen molar-refractivity contribution in [2.45, 2.75) is 69.3 Å². The van der Waals surface area contributed by atoms with Crippen LogP contribution in [0.15, 0.2) is 6.33 Å². The predicted molar refractivity (Wildman–Crippen MR) is 92.5 cm³/mol. The molecule has 1 saturated heterocycles. The smallest absolute Gasteiger partial charge is 0.243 e. The Bertz CT molecular complexity index is 609. The van der Waals surface area contributed by atoms with Crippen LogP contribution in [0.4, 0.5) is 0 Å². The molecule has 1 aliphatic carbocycles. The van der Waals surface area contributed by atoms with E-state index in [4.69, 9.17) is 0 Å². The molecule has 132 valence electrons. The summed E-state index contributed by atoms with van der Waals surface area (Å²) in [5.41, 5.74) is 0. The number of hydrogen-bond acceptors (Lipinski definition) is 5. The maximum absolute atomic E-state index is 12.3. The number of hydrogen-bond donors (Lipinski definition) is 2. The van der Waals surface area contributed by atoms with Crippen LogP contribution in [0.3, 0.4) is 0 Å². The first-order valence-electron chi connectivity index (χ1n) is 8.58. The normalized spacial score (nSPS) is 24.4. The molecule has 0 bridgehead atoms. The van der Waals surface area contributed by atoms with E-state index in [1.165, 1.54) is 31.0 Å². The first-order chi connectivity index (χ1) is 11.5. The van der Waals surface area contributed by atoms with Gasteiger partial charge in [-0.05, 0) is 26.7 Å². The Morgan fingerprint density at radius 2 is 2.17 bits per heavy atom. The van der Waals surface area contributed by atoms with E-state index in [0.717, 1.165) is 18.7 Å². The SMILES string of the molecule is CC1(C)SC[C@H](C(=O)NCc2nncn2C2CCCCC2)NC1=O. The van der Waals surface area contributed by atoms with Crippen molar-refractivity contribution in [3.63, 3.8) is 0 Å². The summed E-state index contributed by atoms with van der Waals surface area (Å²) in [5, 5.41) is 13.9. The number of carbonyl (C=O) groups excluding carboxylic acids is 2. The fourth-order valence-corrected chi connectivity index (χ4v) is 4.23. The van der Waals surface area contributed by atoms with E-state index in [9.17, 15) is 9.59 Å². The molecule has 0 spiro atoms. The van der Waals surface area contributed by atoms with Gasteiger partial charge in [-0.2, -0.15) is 0 Å². The van der Waals surface area contributed by atoms with Gasteiger partial charge in [0.15, 0.2) is 5.82 Å². The minimum Gasteiger partial charge on any atom is -0.347 e.